The number of halogens is 3. The van der Waals surface area contributed by atoms with Crippen LogP contribution in [-0.2, 0) is 0 Å². The molecule has 0 atom stereocenters. The fourth-order valence-corrected chi connectivity index (χ4v) is 1.59. The van der Waals surface area contributed by atoms with Gasteiger partial charge in [-0.25, -0.2) is 8.78 Å². The fourth-order valence-electron chi connectivity index (χ4n) is 1.59. The highest BCUT2D eigenvalue weighted by Crippen LogP contribution is 2.32. The molecule has 1 heterocycles. The maximum absolute atomic E-state index is 13.4. The van der Waals surface area contributed by atoms with Crippen molar-refractivity contribution in [2.45, 2.75) is 18.9 Å². The van der Waals surface area contributed by atoms with Gasteiger partial charge in [0.15, 0.2) is 17.5 Å². The van der Waals surface area contributed by atoms with E-state index in [9.17, 15) is 13.2 Å². The molecule has 1 N–H and O–H groups in total. The Morgan fingerprint density at radius 3 is 2.56 bits per heavy atom. The number of pyridine rings is 1. The lowest BCUT2D eigenvalue weighted by molar-refractivity contribution is 0.300. The summed E-state index contributed by atoms with van der Waals surface area (Å²) in [5.74, 6) is -3.75. The molecule has 0 amide bonds. The predicted molar refractivity (Wildman–Crippen MR) is 51.6 cm³/mol. The van der Waals surface area contributed by atoms with E-state index in [0.717, 1.165) is 12.8 Å². The topological polar surface area (TPSA) is 36.4 Å². The molecule has 1 aromatic rings. The van der Waals surface area contributed by atoms with Crippen LogP contribution < -0.4 is 4.90 Å². The summed E-state index contributed by atoms with van der Waals surface area (Å²) in [6.45, 7) is -0.0176. The van der Waals surface area contributed by atoms with Crippen LogP contribution in [0.1, 0.15) is 12.8 Å². The van der Waals surface area contributed by atoms with E-state index in [1.54, 1.807) is 0 Å². The molecule has 0 radical (unpaired) electrons. The van der Waals surface area contributed by atoms with Crippen molar-refractivity contribution in [2.24, 2.45) is 0 Å². The van der Waals surface area contributed by atoms with Crippen LogP contribution in [0.4, 0.5) is 19.0 Å². The zero-order valence-corrected chi connectivity index (χ0v) is 8.46. The summed E-state index contributed by atoms with van der Waals surface area (Å²) < 4.78 is 39.0. The minimum Gasteiger partial charge on any atom is -0.395 e. The standard InChI is InChI=1S/C10H11F3N2O/c11-7-5-8(12)10(14-9(7)13)15(3-4-16)6-1-2-6/h5-6,16H,1-4H2. The molecule has 88 valence electrons. The Kier molecular flexibility index (Phi) is 3.00. The van der Waals surface area contributed by atoms with Crippen molar-refractivity contribution in [3.8, 4) is 0 Å². The van der Waals surface area contributed by atoms with Gasteiger partial charge >= 0.3 is 0 Å². The molecule has 1 aliphatic rings. The molecule has 2 rings (SSSR count). The van der Waals surface area contributed by atoms with Crippen LogP contribution in [0.3, 0.4) is 0 Å². The van der Waals surface area contributed by atoms with Crippen LogP contribution in [0.15, 0.2) is 6.07 Å². The summed E-state index contributed by atoms with van der Waals surface area (Å²) >= 11 is 0. The van der Waals surface area contributed by atoms with E-state index >= 15 is 0 Å². The van der Waals surface area contributed by atoms with Crippen molar-refractivity contribution in [1.29, 1.82) is 0 Å². The molecule has 0 unspecified atom stereocenters. The first-order valence-corrected chi connectivity index (χ1v) is 5.02. The maximum atomic E-state index is 13.4. The lowest BCUT2D eigenvalue weighted by Gasteiger charge is -2.22. The van der Waals surface area contributed by atoms with E-state index < -0.39 is 17.6 Å². The molecule has 0 saturated heterocycles. The zero-order chi connectivity index (χ0) is 11.7. The molecule has 1 aliphatic carbocycles. The Bertz CT molecular complexity index is 396. The molecule has 0 aliphatic heterocycles. The van der Waals surface area contributed by atoms with Gasteiger partial charge in [-0.15, -0.1) is 0 Å². The summed E-state index contributed by atoms with van der Waals surface area (Å²) in [6.07, 6.45) is 1.69. The third-order valence-corrected chi connectivity index (χ3v) is 2.47. The van der Waals surface area contributed by atoms with Crippen molar-refractivity contribution in [3.05, 3.63) is 23.6 Å². The predicted octanol–water partition coefficient (Wildman–Crippen LogP) is 1.46. The van der Waals surface area contributed by atoms with E-state index in [4.69, 9.17) is 5.11 Å². The second kappa shape index (κ2) is 4.29. The first-order chi connectivity index (χ1) is 7.63. The van der Waals surface area contributed by atoms with Gasteiger partial charge < -0.3 is 10.0 Å². The minimum atomic E-state index is -1.32. The van der Waals surface area contributed by atoms with Crippen molar-refractivity contribution < 1.29 is 18.3 Å². The van der Waals surface area contributed by atoms with Crippen LogP contribution in [-0.4, -0.2) is 29.3 Å². The summed E-state index contributed by atoms with van der Waals surface area (Å²) in [5.41, 5.74) is 0. The first kappa shape index (κ1) is 11.2. The Balaban J connectivity index is 2.32. The summed E-state index contributed by atoms with van der Waals surface area (Å²) in [5, 5.41) is 8.83. The largest absolute Gasteiger partial charge is 0.395 e. The van der Waals surface area contributed by atoms with Crippen LogP contribution in [0.5, 0.6) is 0 Å². The zero-order valence-electron chi connectivity index (χ0n) is 8.46. The lowest BCUT2D eigenvalue weighted by Crippen LogP contribution is -2.31. The Morgan fingerprint density at radius 1 is 1.31 bits per heavy atom. The Morgan fingerprint density at radius 2 is 2.00 bits per heavy atom. The minimum absolute atomic E-state index is 0.0685. The summed E-state index contributed by atoms with van der Waals surface area (Å²) in [7, 11) is 0. The van der Waals surface area contributed by atoms with Gasteiger partial charge in [-0.05, 0) is 12.8 Å². The van der Waals surface area contributed by atoms with E-state index in [1.807, 2.05) is 0 Å². The van der Waals surface area contributed by atoms with Gasteiger partial charge in [-0.1, -0.05) is 0 Å². The van der Waals surface area contributed by atoms with Crippen molar-refractivity contribution in [1.82, 2.24) is 4.98 Å². The number of hydrogen-bond donors (Lipinski definition) is 1. The molecule has 0 bridgehead atoms. The first-order valence-electron chi connectivity index (χ1n) is 5.02. The van der Waals surface area contributed by atoms with Crippen LogP contribution >= 0.6 is 0 Å². The van der Waals surface area contributed by atoms with Crippen molar-refractivity contribution >= 4 is 5.82 Å². The number of aromatic nitrogens is 1. The molecule has 0 spiro atoms. The summed E-state index contributed by atoms with van der Waals surface area (Å²) in [4.78, 5) is 4.72. The molecule has 1 aromatic heterocycles. The number of nitrogens with zero attached hydrogens (tertiary/aromatic N) is 2. The normalized spacial score (nSPS) is 15.2. The van der Waals surface area contributed by atoms with Crippen molar-refractivity contribution in [2.75, 3.05) is 18.1 Å². The number of hydrogen-bond acceptors (Lipinski definition) is 3. The average Bonchev–Trinajstić information content (AvgIpc) is 3.04. The van der Waals surface area contributed by atoms with Crippen molar-refractivity contribution in [3.63, 3.8) is 0 Å². The monoisotopic (exact) mass is 232 g/mol. The van der Waals surface area contributed by atoms with Crippen LogP contribution in [0, 0.1) is 17.6 Å². The second-order valence-corrected chi connectivity index (χ2v) is 3.71. The Labute approximate surface area is 90.5 Å². The van der Waals surface area contributed by atoms with Gasteiger partial charge in [0.1, 0.15) is 0 Å². The number of aliphatic hydroxyl groups excluding tert-OH is 1. The van der Waals surface area contributed by atoms with Crippen LogP contribution in [0.2, 0.25) is 0 Å². The molecule has 16 heavy (non-hydrogen) atoms. The highest BCUT2D eigenvalue weighted by Gasteiger charge is 2.32. The van der Waals surface area contributed by atoms with Gasteiger partial charge in [0, 0.05) is 18.7 Å². The van der Waals surface area contributed by atoms with Gasteiger partial charge in [-0.3, -0.25) is 0 Å². The molecule has 6 heteroatoms. The smallest absolute Gasteiger partial charge is 0.251 e. The van der Waals surface area contributed by atoms with E-state index in [1.165, 1.54) is 4.90 Å². The highest BCUT2D eigenvalue weighted by molar-refractivity contribution is 5.43. The maximum Gasteiger partial charge on any atom is 0.251 e. The Hall–Kier alpha value is -1.30. The third kappa shape index (κ3) is 2.11. The number of rotatable bonds is 4. The average molecular weight is 232 g/mol. The molecule has 0 aromatic carbocycles. The SMILES string of the molecule is OCCN(c1nc(F)c(F)cc1F)C1CC1. The van der Waals surface area contributed by atoms with Crippen LogP contribution in [0.25, 0.3) is 0 Å². The van der Waals surface area contributed by atoms with E-state index in [-0.39, 0.29) is 25.0 Å². The van der Waals surface area contributed by atoms with Gasteiger partial charge in [0.05, 0.1) is 6.61 Å². The number of anilines is 1. The summed E-state index contributed by atoms with van der Waals surface area (Å²) in [6, 6.07) is 0.545. The number of aliphatic hydroxyl groups is 1. The molecule has 3 nitrogen and oxygen atoms in total. The van der Waals surface area contributed by atoms with Gasteiger partial charge in [0.25, 0.3) is 5.95 Å². The fraction of sp³-hybridized carbons (Fsp3) is 0.500. The molecule has 1 fully saturated rings. The third-order valence-electron chi connectivity index (χ3n) is 2.47. The second-order valence-electron chi connectivity index (χ2n) is 3.71. The highest BCUT2D eigenvalue weighted by atomic mass is 19.2. The van der Waals surface area contributed by atoms with Gasteiger partial charge in [-0.2, -0.15) is 9.37 Å². The van der Waals surface area contributed by atoms with E-state index in [0.29, 0.717) is 6.07 Å². The quantitative estimate of drug-likeness (QED) is 0.798. The molecular formula is C10H11F3N2O. The molecular weight excluding hydrogens is 221 g/mol. The van der Waals surface area contributed by atoms with Gasteiger partial charge in [0.2, 0.25) is 0 Å². The van der Waals surface area contributed by atoms with E-state index in [2.05, 4.69) is 4.98 Å². The molecule has 1 saturated carbocycles. The lowest BCUT2D eigenvalue weighted by atomic mass is 10.3.